The first-order valence-corrected chi connectivity index (χ1v) is 18.2. The molecule has 0 unspecified atom stereocenters. The summed E-state index contributed by atoms with van der Waals surface area (Å²) in [7, 11) is 0.672. The van der Waals surface area contributed by atoms with E-state index in [1.54, 1.807) is 24.3 Å². The van der Waals surface area contributed by atoms with Crippen LogP contribution < -0.4 is 19.3 Å². The summed E-state index contributed by atoms with van der Waals surface area (Å²) < 4.78 is 48.1. The largest absolute Gasteiger partial charge is 0.484 e. The van der Waals surface area contributed by atoms with Gasteiger partial charge < -0.3 is 19.3 Å². The molecule has 0 radical (unpaired) electrons. The smallest absolute Gasteiger partial charge is 0.307 e. The quantitative estimate of drug-likeness (QED) is 0.168. The molecule has 0 atom stereocenters. The Kier molecular flexibility index (Phi) is 10.1. The van der Waals surface area contributed by atoms with Crippen LogP contribution in [0.1, 0.15) is 47.1 Å². The van der Waals surface area contributed by atoms with Gasteiger partial charge in [-0.2, -0.15) is 8.42 Å². The third-order valence-electron chi connectivity index (χ3n) is 6.95. The first-order valence-electron chi connectivity index (χ1n) is 15.2. The van der Waals surface area contributed by atoms with Gasteiger partial charge in [-0.1, -0.05) is 17.7 Å². The van der Waals surface area contributed by atoms with Crippen molar-refractivity contribution in [2.45, 2.75) is 79.3 Å². The Morgan fingerprint density at radius 1 is 0.522 bits per heavy atom. The van der Waals surface area contributed by atoms with Crippen molar-refractivity contribution in [2.24, 2.45) is 0 Å². The number of anilines is 2. The highest BCUT2D eigenvalue weighted by Gasteiger charge is 2.39. The molecule has 4 aromatic rings. The Morgan fingerprint density at radius 3 is 1.33 bits per heavy atom. The highest BCUT2D eigenvalue weighted by Crippen LogP contribution is 2.71. The van der Waals surface area contributed by atoms with Gasteiger partial charge in [-0.3, -0.25) is 0 Å². The van der Waals surface area contributed by atoms with Crippen LogP contribution in [0, 0.1) is 6.92 Å². The normalized spacial score (nSPS) is 12.8. The van der Waals surface area contributed by atoms with Crippen LogP contribution in [0.3, 0.4) is 0 Å². The van der Waals surface area contributed by atoms with Crippen LogP contribution in [-0.2, 0) is 13.7 Å². The number of rotatable bonds is 10. The molecule has 0 amide bonds. The third kappa shape index (κ3) is 8.18. The predicted octanol–water partition coefficient (Wildman–Crippen LogP) is 9.08. The van der Waals surface area contributed by atoms with Gasteiger partial charge in [0.05, 0.1) is 4.90 Å². The van der Waals surface area contributed by atoms with Crippen LogP contribution in [0.5, 0.6) is 11.5 Å². The summed E-state index contributed by atoms with van der Waals surface area (Å²) in [5.74, 6) is 1.06. The molecule has 7 nitrogen and oxygen atoms in total. The zero-order valence-corrected chi connectivity index (χ0v) is 30.5. The van der Waals surface area contributed by atoms with Crippen LogP contribution in [0.25, 0.3) is 0 Å². The van der Waals surface area contributed by atoms with Crippen LogP contribution in [-0.4, -0.2) is 47.8 Å². The summed E-state index contributed by atoms with van der Waals surface area (Å²) in [6.45, 7) is 13.8. The van der Waals surface area contributed by atoms with E-state index in [2.05, 4.69) is 0 Å². The summed E-state index contributed by atoms with van der Waals surface area (Å²) in [5, 5.41) is 0. The van der Waals surface area contributed by atoms with E-state index in [1.807, 2.05) is 153 Å². The molecule has 0 aliphatic carbocycles. The molecule has 0 bridgehead atoms. The molecule has 0 aliphatic rings. The van der Waals surface area contributed by atoms with E-state index in [-0.39, 0.29) is 4.90 Å². The molecule has 0 saturated carbocycles. The lowest BCUT2D eigenvalue weighted by molar-refractivity contribution is 0.0954. The van der Waals surface area contributed by atoms with Gasteiger partial charge in [0.1, 0.15) is 11.2 Å². The van der Waals surface area contributed by atoms with Gasteiger partial charge in [0, 0.05) is 54.3 Å². The Morgan fingerprint density at radius 2 is 0.913 bits per heavy atom. The van der Waals surface area contributed by atoms with Crippen molar-refractivity contribution in [1.29, 1.82) is 0 Å². The van der Waals surface area contributed by atoms with Crippen molar-refractivity contribution in [3.05, 3.63) is 96.6 Å². The molecule has 0 fully saturated rings. The molecule has 0 aliphatic heterocycles. The van der Waals surface area contributed by atoms with Crippen LogP contribution in [0.15, 0.2) is 111 Å². The van der Waals surface area contributed by atoms with Gasteiger partial charge >= 0.3 is 10.1 Å². The summed E-state index contributed by atoms with van der Waals surface area (Å²) in [6, 6.07) is 28.1. The summed E-state index contributed by atoms with van der Waals surface area (Å²) in [4.78, 5) is 6.19. The fraction of sp³-hybridized carbons (Fsp3) is 0.351. The van der Waals surface area contributed by atoms with Crippen LogP contribution in [0.2, 0.25) is 0 Å². The molecule has 46 heavy (non-hydrogen) atoms. The lowest BCUT2D eigenvalue weighted by Gasteiger charge is -2.40. The molecule has 0 saturated heterocycles. The van der Waals surface area contributed by atoms with Gasteiger partial charge in [-0.15, -0.1) is 0 Å². The van der Waals surface area contributed by atoms with Gasteiger partial charge in [-0.05, 0) is 138 Å². The SMILES string of the molecule is Cc1ccc(S(=O)(=O)OS(c2ccc(N(C)C)cc2)(c2ccc(N(C)C)cc2)c2ccc(OC(C)(C)C)c(OC(C)(C)C)c2)cc1. The van der Waals surface area contributed by atoms with Crippen molar-refractivity contribution >= 4 is 31.8 Å². The fourth-order valence-electron chi connectivity index (χ4n) is 4.77. The maximum Gasteiger partial charge on any atom is 0.307 e. The molecule has 248 valence electrons. The van der Waals surface area contributed by atoms with Crippen molar-refractivity contribution in [1.82, 2.24) is 0 Å². The highest BCUT2D eigenvalue weighted by atomic mass is 32.3. The Balaban J connectivity index is 2.10. The standard InChI is InChI=1S/C37H48N2O5S2/c1-27-12-18-32(19-13-27)46(40,41)44-45(30-20-14-28(15-21-30)38(8)9,31-22-16-29(17-23-31)39(10)11)33-24-25-34(42-36(2,3)4)35(26-33)43-37(5,6)7/h12-26H,1-11H3. The van der Waals surface area contributed by atoms with E-state index in [4.69, 9.17) is 13.1 Å². The van der Waals surface area contributed by atoms with E-state index < -0.39 is 31.6 Å². The molecule has 0 spiro atoms. The Hall–Kier alpha value is -3.66. The summed E-state index contributed by atoms with van der Waals surface area (Å²) in [5.41, 5.74) is 1.87. The molecular weight excluding hydrogens is 617 g/mol. The molecule has 9 heteroatoms. The Labute approximate surface area is 277 Å². The minimum atomic E-state index is -4.27. The third-order valence-corrected chi connectivity index (χ3v) is 12.1. The molecule has 4 aromatic carbocycles. The van der Waals surface area contributed by atoms with Crippen LogP contribution in [0.4, 0.5) is 11.4 Å². The summed E-state index contributed by atoms with van der Waals surface area (Å²) >= 11 is 0. The maximum absolute atomic E-state index is 14.3. The first kappa shape index (κ1) is 35.2. The number of ether oxygens (including phenoxy) is 2. The number of hydrogen-bond acceptors (Lipinski definition) is 7. The van der Waals surface area contributed by atoms with Gasteiger partial charge in [0.15, 0.2) is 11.5 Å². The highest BCUT2D eigenvalue weighted by molar-refractivity contribution is 8.33. The topological polar surface area (TPSA) is 68.3 Å². The van der Waals surface area contributed by atoms with Crippen molar-refractivity contribution in [2.75, 3.05) is 38.0 Å². The van der Waals surface area contributed by atoms with Crippen molar-refractivity contribution < 1.29 is 21.5 Å². The lowest BCUT2D eigenvalue weighted by atomic mass is 10.1. The minimum absolute atomic E-state index is 0.0867. The first-order chi connectivity index (χ1) is 21.3. The second kappa shape index (κ2) is 13.2. The fourth-order valence-corrected chi connectivity index (χ4v) is 9.96. The lowest BCUT2D eigenvalue weighted by Crippen LogP contribution is -2.26. The predicted molar refractivity (Wildman–Crippen MR) is 191 cm³/mol. The van der Waals surface area contributed by atoms with E-state index in [0.29, 0.717) is 16.4 Å². The second-order valence-electron chi connectivity index (χ2n) is 13.7. The zero-order valence-electron chi connectivity index (χ0n) is 28.9. The number of benzene rings is 4. The zero-order chi connectivity index (χ0) is 34.1. The van der Waals surface area contributed by atoms with E-state index >= 15 is 0 Å². The molecule has 0 heterocycles. The Bertz CT molecular complexity index is 1680. The van der Waals surface area contributed by atoms with Crippen molar-refractivity contribution in [3.63, 3.8) is 0 Å². The molecule has 0 aromatic heterocycles. The maximum atomic E-state index is 14.3. The number of hydrogen-bond donors (Lipinski definition) is 0. The number of aryl methyl sites for hydroxylation is 1. The average molecular weight is 665 g/mol. The second-order valence-corrected chi connectivity index (χ2v) is 18.2. The van der Waals surface area contributed by atoms with E-state index in [9.17, 15) is 8.42 Å². The van der Waals surface area contributed by atoms with Gasteiger partial charge in [0.25, 0.3) is 0 Å². The molecular formula is C37H48N2O5S2. The van der Waals surface area contributed by atoms with E-state index in [1.165, 1.54) is 0 Å². The molecule has 4 rings (SSSR count). The minimum Gasteiger partial charge on any atom is -0.484 e. The van der Waals surface area contributed by atoms with E-state index in [0.717, 1.165) is 26.7 Å². The summed E-state index contributed by atoms with van der Waals surface area (Å²) in [6.07, 6.45) is 0. The van der Waals surface area contributed by atoms with Gasteiger partial charge in [-0.25, -0.2) is 3.63 Å². The monoisotopic (exact) mass is 664 g/mol. The van der Waals surface area contributed by atoms with Gasteiger partial charge in [0.2, 0.25) is 0 Å². The van der Waals surface area contributed by atoms with Crippen molar-refractivity contribution in [3.8, 4) is 11.5 Å². The molecule has 0 N–H and O–H groups in total. The average Bonchev–Trinajstić information content (AvgIpc) is 2.96. The van der Waals surface area contributed by atoms with Crippen LogP contribution >= 0.6 is 10.3 Å². The number of nitrogens with zero attached hydrogens (tertiary/aromatic N) is 2.